The Bertz CT molecular complexity index is 514. The van der Waals surface area contributed by atoms with Gasteiger partial charge in [0.05, 0.1) is 0 Å². The first-order chi connectivity index (χ1) is 8.36. The minimum atomic E-state index is 0.528. The van der Waals surface area contributed by atoms with E-state index >= 15 is 0 Å². The van der Waals surface area contributed by atoms with Crippen LogP contribution in [0, 0.1) is 0 Å². The van der Waals surface area contributed by atoms with Gasteiger partial charge >= 0.3 is 0 Å². The highest BCUT2D eigenvalue weighted by molar-refractivity contribution is 5.88. The van der Waals surface area contributed by atoms with Crippen molar-refractivity contribution in [2.45, 2.75) is 32.6 Å². The SMILES string of the molecule is CCCCc1ccc2ccccc2c1CC=O. The van der Waals surface area contributed by atoms with Crippen LogP contribution in [-0.2, 0) is 17.6 Å². The number of hydrogen-bond acceptors (Lipinski definition) is 1. The maximum Gasteiger partial charge on any atom is 0.124 e. The van der Waals surface area contributed by atoms with Crippen molar-refractivity contribution < 1.29 is 4.79 Å². The van der Waals surface area contributed by atoms with Crippen molar-refractivity contribution in [3.05, 3.63) is 47.5 Å². The Morgan fingerprint density at radius 1 is 1.12 bits per heavy atom. The fourth-order valence-corrected chi connectivity index (χ4v) is 2.31. The van der Waals surface area contributed by atoms with Crippen LogP contribution in [0.1, 0.15) is 30.9 Å². The Kier molecular flexibility index (Phi) is 3.92. The summed E-state index contributed by atoms with van der Waals surface area (Å²) in [6.45, 7) is 2.19. The molecular weight excluding hydrogens is 208 g/mol. The standard InChI is InChI=1S/C16H18O/c1-2-3-6-13-9-10-14-7-4-5-8-15(14)16(13)11-12-17/h4-5,7-10,12H,2-3,6,11H2,1H3. The molecule has 2 aromatic rings. The third-order valence-electron chi connectivity index (χ3n) is 3.22. The number of aldehydes is 1. The lowest BCUT2D eigenvalue weighted by molar-refractivity contribution is -0.107. The monoisotopic (exact) mass is 226 g/mol. The van der Waals surface area contributed by atoms with Gasteiger partial charge in [-0.05, 0) is 34.7 Å². The molecule has 0 aliphatic heterocycles. The van der Waals surface area contributed by atoms with Gasteiger partial charge in [-0.25, -0.2) is 0 Å². The number of carbonyl (C=O) groups excluding carboxylic acids is 1. The van der Waals surface area contributed by atoms with Gasteiger partial charge in [-0.3, -0.25) is 0 Å². The van der Waals surface area contributed by atoms with Gasteiger partial charge < -0.3 is 4.79 Å². The molecule has 0 atom stereocenters. The zero-order chi connectivity index (χ0) is 12.1. The predicted molar refractivity (Wildman–Crippen MR) is 72.3 cm³/mol. The summed E-state index contributed by atoms with van der Waals surface area (Å²) < 4.78 is 0. The second-order valence-electron chi connectivity index (χ2n) is 4.40. The summed E-state index contributed by atoms with van der Waals surface area (Å²) in [5.41, 5.74) is 2.55. The van der Waals surface area contributed by atoms with Crippen LogP contribution in [0.5, 0.6) is 0 Å². The number of hydrogen-bond donors (Lipinski definition) is 0. The van der Waals surface area contributed by atoms with Gasteiger partial charge in [-0.2, -0.15) is 0 Å². The fraction of sp³-hybridized carbons (Fsp3) is 0.312. The number of unbranched alkanes of at least 4 members (excludes halogenated alkanes) is 1. The molecule has 0 bridgehead atoms. The number of carbonyl (C=O) groups is 1. The fourth-order valence-electron chi connectivity index (χ4n) is 2.31. The molecule has 2 aromatic carbocycles. The summed E-state index contributed by atoms with van der Waals surface area (Å²) in [6.07, 6.45) is 4.99. The average molecular weight is 226 g/mol. The Hall–Kier alpha value is -1.63. The zero-order valence-electron chi connectivity index (χ0n) is 10.3. The topological polar surface area (TPSA) is 17.1 Å². The van der Waals surface area contributed by atoms with Crippen LogP contribution in [0.15, 0.2) is 36.4 Å². The number of aryl methyl sites for hydroxylation is 1. The first-order valence-electron chi connectivity index (χ1n) is 6.30. The van der Waals surface area contributed by atoms with Crippen molar-refractivity contribution in [3.8, 4) is 0 Å². The summed E-state index contributed by atoms with van der Waals surface area (Å²) >= 11 is 0. The van der Waals surface area contributed by atoms with Crippen LogP contribution in [0.25, 0.3) is 10.8 Å². The minimum absolute atomic E-state index is 0.528. The molecule has 0 saturated heterocycles. The molecule has 0 spiro atoms. The van der Waals surface area contributed by atoms with Gasteiger partial charge in [0.1, 0.15) is 6.29 Å². The van der Waals surface area contributed by atoms with Gasteiger partial charge in [-0.1, -0.05) is 49.7 Å². The molecule has 17 heavy (non-hydrogen) atoms. The Morgan fingerprint density at radius 3 is 2.71 bits per heavy atom. The van der Waals surface area contributed by atoms with E-state index in [1.165, 1.54) is 34.7 Å². The van der Waals surface area contributed by atoms with Gasteiger partial charge in [0, 0.05) is 6.42 Å². The molecule has 0 aliphatic rings. The normalized spacial score (nSPS) is 10.6. The minimum Gasteiger partial charge on any atom is -0.303 e. The zero-order valence-corrected chi connectivity index (χ0v) is 10.3. The Labute approximate surface area is 102 Å². The highest BCUT2D eigenvalue weighted by atomic mass is 16.1. The van der Waals surface area contributed by atoms with Crippen molar-refractivity contribution >= 4 is 17.1 Å². The molecule has 0 amide bonds. The quantitative estimate of drug-likeness (QED) is 0.706. The predicted octanol–water partition coefficient (Wildman–Crippen LogP) is 3.92. The molecule has 0 N–H and O–H groups in total. The average Bonchev–Trinajstić information content (AvgIpc) is 2.38. The Balaban J connectivity index is 2.51. The van der Waals surface area contributed by atoms with Gasteiger partial charge in [-0.15, -0.1) is 0 Å². The largest absolute Gasteiger partial charge is 0.303 e. The summed E-state index contributed by atoms with van der Waals surface area (Å²) in [7, 11) is 0. The lowest BCUT2D eigenvalue weighted by Crippen LogP contribution is -1.97. The molecule has 0 aromatic heterocycles. The molecule has 0 unspecified atom stereocenters. The van der Waals surface area contributed by atoms with E-state index in [-0.39, 0.29) is 0 Å². The van der Waals surface area contributed by atoms with E-state index in [1.807, 2.05) is 12.1 Å². The first-order valence-corrected chi connectivity index (χ1v) is 6.30. The first kappa shape index (κ1) is 11.8. The second-order valence-corrected chi connectivity index (χ2v) is 4.40. The van der Waals surface area contributed by atoms with Crippen LogP contribution < -0.4 is 0 Å². The number of fused-ring (bicyclic) bond motifs is 1. The molecule has 88 valence electrons. The van der Waals surface area contributed by atoms with Crippen molar-refractivity contribution in [1.82, 2.24) is 0 Å². The maximum absolute atomic E-state index is 10.8. The van der Waals surface area contributed by atoms with Crippen molar-refractivity contribution in [2.24, 2.45) is 0 Å². The second kappa shape index (κ2) is 5.62. The smallest absolute Gasteiger partial charge is 0.124 e. The number of benzene rings is 2. The molecule has 1 nitrogen and oxygen atoms in total. The van der Waals surface area contributed by atoms with Crippen LogP contribution in [-0.4, -0.2) is 6.29 Å². The summed E-state index contributed by atoms with van der Waals surface area (Å²) in [5, 5.41) is 2.46. The third kappa shape index (κ3) is 2.55. The molecular formula is C16H18O. The van der Waals surface area contributed by atoms with Gasteiger partial charge in [0.15, 0.2) is 0 Å². The van der Waals surface area contributed by atoms with Crippen molar-refractivity contribution in [1.29, 1.82) is 0 Å². The molecule has 0 aliphatic carbocycles. The van der Waals surface area contributed by atoms with Gasteiger partial charge in [0.2, 0.25) is 0 Å². The van der Waals surface area contributed by atoms with E-state index in [9.17, 15) is 4.79 Å². The molecule has 0 saturated carbocycles. The van der Waals surface area contributed by atoms with E-state index in [0.717, 1.165) is 12.7 Å². The van der Waals surface area contributed by atoms with Crippen molar-refractivity contribution in [3.63, 3.8) is 0 Å². The van der Waals surface area contributed by atoms with Crippen LogP contribution in [0.2, 0.25) is 0 Å². The van der Waals surface area contributed by atoms with E-state index in [1.54, 1.807) is 0 Å². The van der Waals surface area contributed by atoms with Crippen molar-refractivity contribution in [2.75, 3.05) is 0 Å². The highest BCUT2D eigenvalue weighted by Gasteiger charge is 2.06. The van der Waals surface area contributed by atoms with Crippen LogP contribution in [0.3, 0.4) is 0 Å². The number of rotatable bonds is 5. The van der Waals surface area contributed by atoms with Gasteiger partial charge in [0.25, 0.3) is 0 Å². The van der Waals surface area contributed by atoms with E-state index < -0.39 is 0 Å². The maximum atomic E-state index is 10.8. The van der Waals surface area contributed by atoms with E-state index in [2.05, 4.69) is 31.2 Å². The molecule has 2 rings (SSSR count). The van der Waals surface area contributed by atoms with E-state index in [0.29, 0.717) is 6.42 Å². The summed E-state index contributed by atoms with van der Waals surface area (Å²) in [5.74, 6) is 0. The molecule has 0 fully saturated rings. The third-order valence-corrected chi connectivity index (χ3v) is 3.22. The van der Waals surface area contributed by atoms with Crippen LogP contribution in [0.4, 0.5) is 0 Å². The van der Waals surface area contributed by atoms with Crippen LogP contribution >= 0.6 is 0 Å². The summed E-state index contributed by atoms with van der Waals surface area (Å²) in [4.78, 5) is 10.8. The molecule has 0 heterocycles. The molecule has 1 heteroatoms. The highest BCUT2D eigenvalue weighted by Crippen LogP contribution is 2.24. The summed E-state index contributed by atoms with van der Waals surface area (Å²) in [6, 6.07) is 12.6. The molecule has 0 radical (unpaired) electrons. The van der Waals surface area contributed by atoms with E-state index in [4.69, 9.17) is 0 Å². The Morgan fingerprint density at radius 2 is 1.94 bits per heavy atom. The lowest BCUT2D eigenvalue weighted by Gasteiger charge is -2.10. The lowest BCUT2D eigenvalue weighted by atomic mass is 9.94.